The van der Waals surface area contributed by atoms with Gasteiger partial charge in [-0.25, -0.2) is 4.98 Å². The lowest BCUT2D eigenvalue weighted by atomic mass is 10.0. The van der Waals surface area contributed by atoms with Crippen LogP contribution in [0.2, 0.25) is 0 Å². The minimum atomic E-state index is 0.574. The first kappa shape index (κ1) is 13.1. The van der Waals surface area contributed by atoms with E-state index in [1.54, 1.807) is 12.3 Å². The zero-order valence-corrected chi connectivity index (χ0v) is 11.3. The molecule has 0 saturated heterocycles. The number of anilines is 2. The topological polar surface area (TPSA) is 48.7 Å². The number of hydrogen-bond acceptors (Lipinski definition) is 3. The Balaban J connectivity index is 2.34. The summed E-state index contributed by atoms with van der Waals surface area (Å²) in [5, 5.41) is 12.1. The van der Waals surface area contributed by atoms with Gasteiger partial charge in [-0.05, 0) is 36.1 Å². The van der Waals surface area contributed by atoms with Crippen molar-refractivity contribution in [1.29, 1.82) is 5.26 Å². The van der Waals surface area contributed by atoms with E-state index in [1.165, 1.54) is 11.1 Å². The Morgan fingerprint density at radius 1 is 1.11 bits per heavy atom. The van der Waals surface area contributed by atoms with Gasteiger partial charge in [0.1, 0.15) is 11.9 Å². The fourth-order valence-electron chi connectivity index (χ4n) is 2.07. The average Bonchev–Trinajstić information content (AvgIpc) is 2.48. The number of nitriles is 1. The number of aromatic nitrogens is 1. The molecule has 19 heavy (non-hydrogen) atoms. The fraction of sp³-hybridized carbons (Fsp3) is 0.250. The molecule has 0 fully saturated rings. The summed E-state index contributed by atoms with van der Waals surface area (Å²) in [5.74, 6) is 0.773. The predicted molar refractivity (Wildman–Crippen MR) is 77.4 cm³/mol. The molecule has 1 aromatic carbocycles. The zero-order valence-electron chi connectivity index (χ0n) is 11.3. The van der Waals surface area contributed by atoms with E-state index in [0.717, 1.165) is 24.3 Å². The Bertz CT molecular complexity index is 572. The number of benzene rings is 1. The monoisotopic (exact) mass is 251 g/mol. The summed E-state index contributed by atoms with van der Waals surface area (Å²) < 4.78 is 0. The quantitative estimate of drug-likeness (QED) is 0.898. The van der Waals surface area contributed by atoms with Crippen LogP contribution in [0.5, 0.6) is 0 Å². The highest BCUT2D eigenvalue weighted by Crippen LogP contribution is 2.25. The van der Waals surface area contributed by atoms with Gasteiger partial charge in [0.2, 0.25) is 0 Å². The maximum Gasteiger partial charge on any atom is 0.130 e. The Morgan fingerprint density at radius 2 is 1.79 bits per heavy atom. The van der Waals surface area contributed by atoms with Crippen molar-refractivity contribution in [1.82, 2.24) is 4.98 Å². The normalized spacial score (nSPS) is 9.95. The van der Waals surface area contributed by atoms with Crippen molar-refractivity contribution in [3.05, 3.63) is 53.2 Å². The molecular weight excluding hydrogens is 234 g/mol. The van der Waals surface area contributed by atoms with Gasteiger partial charge in [-0.15, -0.1) is 0 Å². The lowest BCUT2D eigenvalue weighted by Crippen LogP contribution is -2.01. The smallest absolute Gasteiger partial charge is 0.130 e. The standard InChI is InChI=1S/C16H17N3/c1-3-13-6-5-7-14(4-2)16(13)19-15-9-8-12(10-17)11-18-15/h5-9,11H,3-4H2,1-2H3,(H,18,19). The molecule has 0 unspecified atom stereocenters. The molecule has 0 saturated carbocycles. The van der Waals surface area contributed by atoms with Gasteiger partial charge < -0.3 is 5.32 Å². The van der Waals surface area contributed by atoms with Gasteiger partial charge in [0.15, 0.2) is 0 Å². The number of pyridine rings is 1. The molecule has 1 heterocycles. The third kappa shape index (κ3) is 2.92. The molecule has 1 aromatic heterocycles. The number of hydrogen-bond donors (Lipinski definition) is 1. The summed E-state index contributed by atoms with van der Waals surface area (Å²) in [5.41, 5.74) is 4.28. The lowest BCUT2D eigenvalue weighted by molar-refractivity contribution is 1.08. The van der Waals surface area contributed by atoms with E-state index in [0.29, 0.717) is 5.56 Å². The second kappa shape index (κ2) is 6.01. The Morgan fingerprint density at radius 3 is 2.26 bits per heavy atom. The Hall–Kier alpha value is -2.34. The van der Waals surface area contributed by atoms with Crippen molar-refractivity contribution in [3.63, 3.8) is 0 Å². The molecule has 0 aliphatic carbocycles. The van der Waals surface area contributed by atoms with Crippen LogP contribution in [0.4, 0.5) is 11.5 Å². The van der Waals surface area contributed by atoms with Crippen LogP contribution < -0.4 is 5.32 Å². The molecule has 0 aliphatic rings. The van der Waals surface area contributed by atoms with E-state index in [4.69, 9.17) is 5.26 Å². The average molecular weight is 251 g/mol. The van der Waals surface area contributed by atoms with E-state index in [2.05, 4.69) is 48.4 Å². The van der Waals surface area contributed by atoms with Crippen LogP contribution in [0.3, 0.4) is 0 Å². The highest BCUT2D eigenvalue weighted by Gasteiger charge is 2.06. The Kier molecular flexibility index (Phi) is 4.15. The molecule has 1 N–H and O–H groups in total. The first-order chi connectivity index (χ1) is 9.28. The number of nitrogens with one attached hydrogen (secondary N) is 1. The minimum absolute atomic E-state index is 0.574. The minimum Gasteiger partial charge on any atom is -0.340 e. The summed E-state index contributed by atoms with van der Waals surface area (Å²) in [6, 6.07) is 12.0. The van der Waals surface area contributed by atoms with E-state index in [1.807, 2.05) is 6.07 Å². The molecule has 0 aliphatic heterocycles. The van der Waals surface area contributed by atoms with E-state index in [9.17, 15) is 0 Å². The molecule has 3 nitrogen and oxygen atoms in total. The molecule has 0 spiro atoms. The highest BCUT2D eigenvalue weighted by molar-refractivity contribution is 5.65. The molecule has 0 amide bonds. The first-order valence-corrected chi connectivity index (χ1v) is 6.52. The highest BCUT2D eigenvalue weighted by atomic mass is 15.0. The van der Waals surface area contributed by atoms with Crippen LogP contribution in [0.1, 0.15) is 30.5 Å². The summed E-state index contributed by atoms with van der Waals surface area (Å²) >= 11 is 0. The number of rotatable bonds is 4. The molecule has 96 valence electrons. The van der Waals surface area contributed by atoms with Crippen molar-refractivity contribution >= 4 is 11.5 Å². The van der Waals surface area contributed by atoms with Gasteiger partial charge in [-0.2, -0.15) is 5.26 Å². The van der Waals surface area contributed by atoms with Gasteiger partial charge in [0.25, 0.3) is 0 Å². The van der Waals surface area contributed by atoms with Crippen LogP contribution >= 0.6 is 0 Å². The van der Waals surface area contributed by atoms with Crippen molar-refractivity contribution in [2.75, 3.05) is 5.32 Å². The Labute approximate surface area is 113 Å². The van der Waals surface area contributed by atoms with E-state index < -0.39 is 0 Å². The van der Waals surface area contributed by atoms with E-state index >= 15 is 0 Å². The third-order valence-corrected chi connectivity index (χ3v) is 3.14. The summed E-state index contributed by atoms with van der Waals surface area (Å²) in [6.45, 7) is 4.29. The van der Waals surface area contributed by atoms with Gasteiger partial charge in [0.05, 0.1) is 5.56 Å². The molecular formula is C16H17N3. The number of para-hydroxylation sites is 1. The second-order valence-corrected chi connectivity index (χ2v) is 4.33. The maximum absolute atomic E-state index is 8.77. The van der Waals surface area contributed by atoms with Gasteiger partial charge in [0, 0.05) is 11.9 Å². The van der Waals surface area contributed by atoms with Gasteiger partial charge in [-0.3, -0.25) is 0 Å². The van der Waals surface area contributed by atoms with Gasteiger partial charge in [-0.1, -0.05) is 32.0 Å². The summed E-state index contributed by atoms with van der Waals surface area (Å²) in [4.78, 5) is 4.26. The zero-order chi connectivity index (χ0) is 13.7. The summed E-state index contributed by atoms with van der Waals surface area (Å²) in [7, 11) is 0. The number of aryl methyl sites for hydroxylation is 2. The molecule has 2 rings (SSSR count). The number of nitrogens with zero attached hydrogens (tertiary/aromatic N) is 2. The molecule has 0 bridgehead atoms. The SMILES string of the molecule is CCc1cccc(CC)c1Nc1ccc(C#N)cn1. The third-order valence-electron chi connectivity index (χ3n) is 3.14. The molecule has 3 heteroatoms. The van der Waals surface area contributed by atoms with Crippen molar-refractivity contribution in [2.24, 2.45) is 0 Å². The van der Waals surface area contributed by atoms with Crippen molar-refractivity contribution in [2.45, 2.75) is 26.7 Å². The lowest BCUT2D eigenvalue weighted by Gasteiger charge is -2.14. The summed E-state index contributed by atoms with van der Waals surface area (Å²) in [6.07, 6.45) is 3.54. The van der Waals surface area contributed by atoms with Crippen LogP contribution in [-0.4, -0.2) is 4.98 Å². The van der Waals surface area contributed by atoms with Crippen LogP contribution in [0.25, 0.3) is 0 Å². The van der Waals surface area contributed by atoms with Crippen LogP contribution in [0, 0.1) is 11.3 Å². The maximum atomic E-state index is 8.77. The predicted octanol–water partition coefficient (Wildman–Crippen LogP) is 3.82. The van der Waals surface area contributed by atoms with Crippen molar-refractivity contribution in [3.8, 4) is 6.07 Å². The second-order valence-electron chi connectivity index (χ2n) is 4.33. The largest absolute Gasteiger partial charge is 0.340 e. The van der Waals surface area contributed by atoms with Gasteiger partial charge >= 0.3 is 0 Å². The van der Waals surface area contributed by atoms with Crippen LogP contribution in [-0.2, 0) is 12.8 Å². The van der Waals surface area contributed by atoms with Crippen molar-refractivity contribution < 1.29 is 0 Å². The first-order valence-electron chi connectivity index (χ1n) is 6.52. The molecule has 0 radical (unpaired) electrons. The fourth-order valence-corrected chi connectivity index (χ4v) is 2.07. The van der Waals surface area contributed by atoms with Crippen LogP contribution in [0.15, 0.2) is 36.5 Å². The molecule has 2 aromatic rings. The molecule has 0 atom stereocenters. The van der Waals surface area contributed by atoms with E-state index in [-0.39, 0.29) is 0 Å².